The summed E-state index contributed by atoms with van der Waals surface area (Å²) in [6, 6.07) is 8.58. The van der Waals surface area contributed by atoms with E-state index in [1.165, 1.54) is 12.1 Å². The second-order valence-electron chi connectivity index (χ2n) is 8.33. The van der Waals surface area contributed by atoms with E-state index in [2.05, 4.69) is 16.0 Å². The summed E-state index contributed by atoms with van der Waals surface area (Å²) >= 11 is 0. The molecule has 32 heavy (non-hydrogen) atoms. The molecule has 2 heterocycles. The molecule has 0 saturated heterocycles. The number of benzene rings is 2. The van der Waals surface area contributed by atoms with Gasteiger partial charge in [-0.25, -0.2) is 9.18 Å². The number of carbonyl (C=O) groups is 1. The quantitative estimate of drug-likeness (QED) is 0.344. The van der Waals surface area contributed by atoms with Crippen LogP contribution in [0.3, 0.4) is 0 Å². The number of allylic oxidation sites excluding steroid dienone is 1. The molecular weight excluding hydrogens is 407 g/mol. The van der Waals surface area contributed by atoms with Gasteiger partial charge in [0.1, 0.15) is 17.3 Å². The van der Waals surface area contributed by atoms with Crippen molar-refractivity contribution in [3.63, 3.8) is 0 Å². The Bertz CT molecular complexity index is 1410. The van der Waals surface area contributed by atoms with Gasteiger partial charge in [0.2, 0.25) is 0 Å². The van der Waals surface area contributed by atoms with Gasteiger partial charge in [-0.15, -0.1) is 0 Å². The van der Waals surface area contributed by atoms with Crippen LogP contribution in [0.15, 0.2) is 42.6 Å². The largest absolute Gasteiger partial charge is 0.496 e. The molecule has 2 aromatic heterocycles. The van der Waals surface area contributed by atoms with Gasteiger partial charge in [0.15, 0.2) is 0 Å². The van der Waals surface area contributed by atoms with Crippen LogP contribution in [0, 0.1) is 5.82 Å². The van der Waals surface area contributed by atoms with Gasteiger partial charge in [-0.2, -0.15) is 0 Å². The van der Waals surface area contributed by atoms with Gasteiger partial charge in [0.05, 0.1) is 12.8 Å². The number of nitrogens with one attached hydrogen (secondary N) is 2. The zero-order valence-electron chi connectivity index (χ0n) is 18.0. The lowest BCUT2D eigenvalue weighted by atomic mass is 9.87. The van der Waals surface area contributed by atoms with Crippen LogP contribution in [-0.4, -0.2) is 28.2 Å². The van der Waals surface area contributed by atoms with Crippen molar-refractivity contribution in [1.29, 1.82) is 0 Å². The highest BCUT2D eigenvalue weighted by Gasteiger charge is 2.29. The van der Waals surface area contributed by atoms with Crippen molar-refractivity contribution < 1.29 is 19.0 Å². The maximum Gasteiger partial charge on any atom is 0.352 e. The number of hydrogen-bond acceptors (Lipinski definition) is 2. The highest BCUT2D eigenvalue weighted by atomic mass is 19.1. The molecule has 0 saturated carbocycles. The maximum absolute atomic E-state index is 14.5. The maximum atomic E-state index is 14.5. The third-order valence-electron chi connectivity index (χ3n) is 6.14. The third-order valence-corrected chi connectivity index (χ3v) is 6.14. The highest BCUT2D eigenvalue weighted by molar-refractivity contribution is 6.03. The first kappa shape index (κ1) is 20.1. The standard InChI is InChI=1S/C26H23FN2O3/c1-13(2)22-23(18-7-8-21(32-3)17-6-4-5-15(17)18)25(26(30)31)29-24(22)19-11-14(27)12-20-16(19)9-10-28-20/h4-5,7-13,28-29H,6H2,1-3H3,(H,30,31). The molecule has 2 aromatic carbocycles. The smallest absolute Gasteiger partial charge is 0.352 e. The lowest BCUT2D eigenvalue weighted by molar-refractivity contribution is 0.0692. The van der Waals surface area contributed by atoms with E-state index in [9.17, 15) is 14.3 Å². The molecule has 162 valence electrons. The fourth-order valence-corrected chi connectivity index (χ4v) is 4.83. The van der Waals surface area contributed by atoms with Crippen molar-refractivity contribution in [1.82, 2.24) is 9.97 Å². The number of aromatic nitrogens is 2. The lowest BCUT2D eigenvalue weighted by Gasteiger charge is -2.16. The minimum Gasteiger partial charge on any atom is -0.496 e. The summed E-state index contributed by atoms with van der Waals surface area (Å²) in [4.78, 5) is 18.6. The van der Waals surface area contributed by atoms with Crippen LogP contribution in [-0.2, 0) is 6.42 Å². The topological polar surface area (TPSA) is 78.1 Å². The number of aromatic carboxylic acids is 1. The number of hydrogen-bond donors (Lipinski definition) is 3. The van der Waals surface area contributed by atoms with Gasteiger partial charge in [-0.1, -0.05) is 26.0 Å². The Kier molecular flexibility index (Phi) is 4.66. The average Bonchev–Trinajstić information content (AvgIpc) is 3.49. The van der Waals surface area contributed by atoms with E-state index in [0.717, 1.165) is 39.8 Å². The minimum absolute atomic E-state index is 0.00950. The molecule has 0 radical (unpaired) electrons. The van der Waals surface area contributed by atoms with Crippen LogP contribution in [0.1, 0.15) is 46.9 Å². The molecule has 4 aromatic rings. The van der Waals surface area contributed by atoms with E-state index in [1.807, 2.05) is 38.1 Å². The summed E-state index contributed by atoms with van der Waals surface area (Å²) in [6.45, 7) is 4.05. The fraction of sp³-hybridized carbons (Fsp3) is 0.192. The fourth-order valence-electron chi connectivity index (χ4n) is 4.83. The summed E-state index contributed by atoms with van der Waals surface area (Å²) in [6.07, 6.45) is 6.56. The van der Waals surface area contributed by atoms with E-state index >= 15 is 0 Å². The Morgan fingerprint density at radius 1 is 1.19 bits per heavy atom. The minimum atomic E-state index is -1.05. The van der Waals surface area contributed by atoms with E-state index in [1.54, 1.807) is 13.3 Å². The molecule has 3 N–H and O–H groups in total. The Labute approximate surface area is 184 Å². The van der Waals surface area contributed by atoms with Crippen molar-refractivity contribution in [3.8, 4) is 28.1 Å². The zero-order valence-corrected chi connectivity index (χ0v) is 18.0. The summed E-state index contributed by atoms with van der Waals surface area (Å²) in [7, 11) is 1.64. The second kappa shape index (κ2) is 7.41. The van der Waals surface area contributed by atoms with E-state index in [4.69, 9.17) is 4.74 Å². The number of aromatic amines is 2. The molecule has 0 fully saturated rings. The van der Waals surface area contributed by atoms with Crippen molar-refractivity contribution >= 4 is 22.9 Å². The number of carboxylic acids is 1. The van der Waals surface area contributed by atoms with E-state index in [-0.39, 0.29) is 17.4 Å². The number of halogens is 1. The SMILES string of the molecule is COc1ccc(-c2c(C(=O)O)[nH]c(-c3cc(F)cc4[nH]ccc34)c2C(C)C)c2c1CC=C2. The Balaban J connectivity index is 1.87. The van der Waals surface area contributed by atoms with Crippen molar-refractivity contribution in [2.75, 3.05) is 7.11 Å². The average molecular weight is 430 g/mol. The summed E-state index contributed by atoms with van der Waals surface area (Å²) < 4.78 is 20.0. The van der Waals surface area contributed by atoms with Crippen LogP contribution >= 0.6 is 0 Å². The summed E-state index contributed by atoms with van der Waals surface area (Å²) in [5.74, 6) is -0.663. The molecule has 5 nitrogen and oxygen atoms in total. The van der Waals surface area contributed by atoms with Crippen molar-refractivity contribution in [3.05, 3.63) is 70.8 Å². The van der Waals surface area contributed by atoms with E-state index in [0.29, 0.717) is 22.3 Å². The molecule has 0 atom stereocenters. The molecule has 1 aliphatic carbocycles. The molecule has 6 heteroatoms. The molecule has 0 aliphatic heterocycles. The van der Waals surface area contributed by atoms with Crippen molar-refractivity contribution in [2.24, 2.45) is 0 Å². The van der Waals surface area contributed by atoms with Gasteiger partial charge >= 0.3 is 5.97 Å². The Hall–Kier alpha value is -3.80. The number of methoxy groups -OCH3 is 1. The van der Waals surface area contributed by atoms with Crippen molar-refractivity contribution in [2.45, 2.75) is 26.2 Å². The predicted octanol–water partition coefficient (Wildman–Crippen LogP) is 6.37. The summed E-state index contributed by atoms with van der Waals surface area (Å²) in [5.41, 5.74) is 6.36. The van der Waals surface area contributed by atoms with E-state index < -0.39 is 5.97 Å². The monoisotopic (exact) mass is 430 g/mol. The predicted molar refractivity (Wildman–Crippen MR) is 124 cm³/mol. The normalized spacial score (nSPS) is 12.7. The van der Waals surface area contributed by atoms with Gasteiger partial charge in [-0.3, -0.25) is 0 Å². The first-order chi connectivity index (χ1) is 15.4. The van der Waals surface area contributed by atoms with Gasteiger partial charge in [0, 0.05) is 33.8 Å². The molecule has 0 amide bonds. The number of carboxylic acid groups (broad SMARTS) is 1. The third kappa shape index (κ3) is 2.94. The van der Waals surface area contributed by atoms with Gasteiger partial charge in [-0.05, 0) is 59.4 Å². The first-order valence-electron chi connectivity index (χ1n) is 10.5. The van der Waals surface area contributed by atoms with Crippen LogP contribution in [0.5, 0.6) is 5.75 Å². The lowest BCUT2D eigenvalue weighted by Crippen LogP contribution is -2.02. The van der Waals surface area contributed by atoms with Crippen LogP contribution < -0.4 is 4.74 Å². The Morgan fingerprint density at radius 2 is 2.00 bits per heavy atom. The molecular formula is C26H23FN2O3. The second-order valence-corrected chi connectivity index (χ2v) is 8.33. The molecule has 5 rings (SSSR count). The molecule has 0 spiro atoms. The zero-order chi connectivity index (χ0) is 22.6. The van der Waals surface area contributed by atoms with Gasteiger partial charge in [0.25, 0.3) is 0 Å². The van der Waals surface area contributed by atoms with Crippen LogP contribution in [0.25, 0.3) is 39.4 Å². The summed E-state index contributed by atoms with van der Waals surface area (Å²) in [5, 5.41) is 10.9. The van der Waals surface area contributed by atoms with Crippen LogP contribution in [0.2, 0.25) is 0 Å². The molecule has 0 bridgehead atoms. The number of H-pyrrole nitrogens is 2. The number of ether oxygens (including phenoxy) is 1. The highest BCUT2D eigenvalue weighted by Crippen LogP contribution is 2.45. The number of rotatable bonds is 5. The first-order valence-corrected chi connectivity index (χ1v) is 10.5. The molecule has 0 unspecified atom stereocenters. The molecule has 1 aliphatic rings. The van der Waals surface area contributed by atoms with Gasteiger partial charge < -0.3 is 19.8 Å². The van der Waals surface area contributed by atoms with Crippen LogP contribution in [0.4, 0.5) is 4.39 Å². The number of fused-ring (bicyclic) bond motifs is 2. The Morgan fingerprint density at radius 3 is 2.72 bits per heavy atom.